The molecule has 83 heavy (non-hydrogen) atoms. The zero-order chi connectivity index (χ0) is 62.1. The van der Waals surface area contributed by atoms with Crippen molar-refractivity contribution < 1.29 is 4.74 Å². The lowest BCUT2D eigenvalue weighted by molar-refractivity contribution is 0.157. The highest BCUT2D eigenvalue weighted by atomic mass is 16.5. The van der Waals surface area contributed by atoms with Crippen molar-refractivity contribution >= 4 is 0 Å². The molecule has 1 heterocycles. The molecule has 0 aromatic heterocycles. The minimum absolute atomic E-state index is 0.437. The Bertz CT molecular complexity index is 1810. The van der Waals surface area contributed by atoms with Crippen LogP contribution in [-0.4, -0.2) is 13.2 Å². The topological polar surface area (TPSA) is 9.23 Å². The van der Waals surface area contributed by atoms with Crippen LogP contribution in [0.15, 0.2) is 121 Å². The number of hydrogen-bond donors (Lipinski definition) is 0. The van der Waals surface area contributed by atoms with Crippen LogP contribution in [0.25, 0.3) is 0 Å². The van der Waals surface area contributed by atoms with E-state index >= 15 is 0 Å². The maximum atomic E-state index is 5.17. The zero-order valence-corrected chi connectivity index (χ0v) is 58.9. The molecule has 4 aromatic carbocycles. The molecule has 5 aliphatic carbocycles. The molecule has 1 saturated heterocycles. The Morgan fingerprint density at radius 3 is 0.530 bits per heavy atom. The highest BCUT2D eigenvalue weighted by molar-refractivity contribution is 5.28. The van der Waals surface area contributed by atoms with Crippen molar-refractivity contribution in [3.05, 3.63) is 144 Å². The quantitative estimate of drug-likeness (QED) is 0.187. The van der Waals surface area contributed by atoms with Crippen LogP contribution in [0, 0.1) is 81.8 Å². The summed E-state index contributed by atoms with van der Waals surface area (Å²) in [5.74, 6) is 14.0. The van der Waals surface area contributed by atoms with Crippen molar-refractivity contribution in [3.8, 4) is 0 Å². The van der Waals surface area contributed by atoms with E-state index in [2.05, 4.69) is 274 Å². The van der Waals surface area contributed by atoms with Crippen LogP contribution in [-0.2, 0) is 4.74 Å². The molecule has 5 saturated carbocycles. The SMILES string of the molecule is CC(C)(C)C(C)(C)C.C[C@@H](c1ccccc1)[C@@H](C)c1ccccc1.C[C@@H]1CCCC[C@@H]1C.C[C@@H]1CCC[C@@H]1C.C[C@H](c1ccccc1)[C@@H](C)c1ccccc1.C[C@H]1CCCC[C@@H]1C.C[C@H]1CCC[C@@H]1C.C[C@H]1CC[C@@H]1C.C[C@H]1COC[C@@H]1C. The Kier molecular flexibility index (Phi) is 37.6. The molecule has 6 aliphatic rings. The van der Waals surface area contributed by atoms with Gasteiger partial charge in [0.15, 0.2) is 0 Å². The van der Waals surface area contributed by atoms with Crippen molar-refractivity contribution in [2.24, 2.45) is 81.8 Å². The minimum atomic E-state index is 0.437. The predicted octanol–water partition coefficient (Wildman–Crippen LogP) is 26.2. The van der Waals surface area contributed by atoms with Crippen molar-refractivity contribution in [3.63, 3.8) is 0 Å². The largest absolute Gasteiger partial charge is 0.381 e. The van der Waals surface area contributed by atoms with Crippen molar-refractivity contribution in [1.82, 2.24) is 0 Å². The first-order chi connectivity index (χ1) is 39.2. The van der Waals surface area contributed by atoms with E-state index in [0.717, 1.165) is 84.2 Å². The van der Waals surface area contributed by atoms with Gasteiger partial charge < -0.3 is 4.74 Å². The maximum absolute atomic E-state index is 5.17. The molecule has 0 spiro atoms. The summed E-state index contributed by atoms with van der Waals surface area (Å²) >= 11 is 0. The standard InChI is InChI=1S/2C16H18.2C8H16.C8H18.2C7H14.C6H12O.C6H12/c2*1-13(15-9-5-3-6-10-15)14(2)16-11-7-4-8-12-16;2*1-7-5-3-4-6-8(7)2;1-7(2,3)8(4,5)6;2*1-6-4-3-5-7(6)2;1-5-3-7-4-6(5)2;1-5-3-4-6(5)2/h2*3-14H,1-2H3;2*7-8H,3-6H2,1-2H3;1-6H3;2*6-7H,3-5H2,1-2H3;5-6H,3-4H2,1-2H3;5-6H,3-4H2,1-2H3/t13-,14+;13-,14-;7-,8+;7-,8-;;6-,7+;6-,7-;2*5-,6-/m.1.0..000/s1. The Morgan fingerprint density at radius 1 is 0.253 bits per heavy atom. The Hall–Kier alpha value is -3.16. The first kappa shape index (κ1) is 75.9. The Morgan fingerprint density at radius 2 is 0.422 bits per heavy atom. The highest BCUT2D eigenvalue weighted by Gasteiger charge is 2.27. The minimum Gasteiger partial charge on any atom is -0.381 e. The third-order valence-electron chi connectivity index (χ3n) is 22.5. The summed E-state index contributed by atoms with van der Waals surface area (Å²) in [5, 5.41) is 0. The molecule has 0 radical (unpaired) electrons. The summed E-state index contributed by atoms with van der Waals surface area (Å²) in [6, 6.07) is 42.9. The summed E-state index contributed by atoms with van der Waals surface area (Å²) in [4.78, 5) is 0. The molecule has 10 rings (SSSR count). The summed E-state index contributed by atoms with van der Waals surface area (Å²) in [6.07, 6.45) is 23.6. The second-order valence-corrected chi connectivity index (χ2v) is 30.6. The lowest BCUT2D eigenvalue weighted by atomic mass is 9.71. The van der Waals surface area contributed by atoms with Gasteiger partial charge in [-0.1, -0.05) is 376 Å². The van der Waals surface area contributed by atoms with Crippen LogP contribution in [0.4, 0.5) is 0 Å². The van der Waals surface area contributed by atoms with Gasteiger partial charge >= 0.3 is 0 Å². The van der Waals surface area contributed by atoms with Gasteiger partial charge in [-0.05, 0) is 128 Å². The van der Waals surface area contributed by atoms with Gasteiger partial charge in [0.1, 0.15) is 0 Å². The van der Waals surface area contributed by atoms with Crippen LogP contribution in [0.1, 0.15) is 301 Å². The van der Waals surface area contributed by atoms with Gasteiger partial charge in [-0.15, -0.1) is 0 Å². The molecule has 0 N–H and O–H groups in total. The van der Waals surface area contributed by atoms with E-state index in [0.29, 0.717) is 34.5 Å². The van der Waals surface area contributed by atoms with E-state index in [1.807, 2.05) is 0 Å². The lowest BCUT2D eigenvalue weighted by Gasteiger charge is -2.34. The van der Waals surface area contributed by atoms with E-state index in [9.17, 15) is 0 Å². The van der Waals surface area contributed by atoms with Crippen molar-refractivity contribution in [1.29, 1.82) is 0 Å². The number of hydrogen-bond acceptors (Lipinski definition) is 1. The second kappa shape index (κ2) is 41.1. The van der Waals surface area contributed by atoms with E-state index in [4.69, 9.17) is 4.74 Å². The monoisotopic (exact) mass is 1140 g/mol. The van der Waals surface area contributed by atoms with Crippen molar-refractivity contribution in [2.45, 2.75) is 279 Å². The highest BCUT2D eigenvalue weighted by Crippen LogP contribution is 2.38. The number of benzene rings is 4. The molecule has 1 nitrogen and oxygen atoms in total. The van der Waals surface area contributed by atoms with Crippen molar-refractivity contribution in [2.75, 3.05) is 13.2 Å². The van der Waals surface area contributed by atoms with E-state index in [1.165, 1.54) is 125 Å². The van der Waals surface area contributed by atoms with Crippen LogP contribution >= 0.6 is 0 Å². The summed E-state index contributed by atoms with van der Waals surface area (Å²) < 4.78 is 5.17. The molecular formula is C82H138O. The van der Waals surface area contributed by atoms with Gasteiger partial charge in [0.25, 0.3) is 0 Å². The van der Waals surface area contributed by atoms with Gasteiger partial charge in [-0.3, -0.25) is 0 Å². The molecule has 472 valence electrons. The van der Waals surface area contributed by atoms with E-state index < -0.39 is 0 Å². The molecular weight excluding hydrogens is 1000 g/mol. The van der Waals surface area contributed by atoms with Crippen LogP contribution in [0.3, 0.4) is 0 Å². The Balaban J connectivity index is 0.000000327. The summed E-state index contributed by atoms with van der Waals surface area (Å²) in [5.41, 5.74) is 6.54. The zero-order valence-electron chi connectivity index (χ0n) is 58.9. The normalized spacial score (nSPS) is 28.5. The molecule has 0 bridgehead atoms. The second-order valence-electron chi connectivity index (χ2n) is 30.6. The van der Waals surface area contributed by atoms with Crippen LogP contribution in [0.2, 0.25) is 0 Å². The van der Waals surface area contributed by atoms with Gasteiger partial charge in [0.2, 0.25) is 0 Å². The van der Waals surface area contributed by atoms with Gasteiger partial charge in [0, 0.05) is 13.2 Å². The average molecular weight is 1140 g/mol. The van der Waals surface area contributed by atoms with Gasteiger partial charge in [0.05, 0.1) is 0 Å². The third-order valence-corrected chi connectivity index (χ3v) is 22.5. The first-order valence-corrected chi connectivity index (χ1v) is 34.9. The lowest BCUT2D eigenvalue weighted by Crippen LogP contribution is -2.25. The van der Waals surface area contributed by atoms with Gasteiger partial charge in [-0.2, -0.15) is 0 Å². The molecule has 6 fully saturated rings. The number of rotatable bonds is 6. The van der Waals surface area contributed by atoms with Gasteiger partial charge in [-0.25, -0.2) is 0 Å². The molecule has 0 unspecified atom stereocenters. The fourth-order valence-electron chi connectivity index (χ4n) is 11.4. The smallest absolute Gasteiger partial charge is 0.0495 e. The Labute approximate surface area is 519 Å². The van der Waals surface area contributed by atoms with Crippen LogP contribution in [0.5, 0.6) is 0 Å². The third kappa shape index (κ3) is 30.8. The molecule has 4 aromatic rings. The fourth-order valence-corrected chi connectivity index (χ4v) is 11.4. The molecule has 1 heteroatoms. The first-order valence-electron chi connectivity index (χ1n) is 34.9. The average Bonchev–Trinajstić information content (AvgIpc) is 4.23. The predicted molar refractivity (Wildman–Crippen MR) is 373 cm³/mol. The molecule has 0 amide bonds. The molecule has 1 aliphatic heterocycles. The maximum Gasteiger partial charge on any atom is 0.0495 e. The van der Waals surface area contributed by atoms with E-state index in [-0.39, 0.29) is 0 Å². The summed E-state index contributed by atoms with van der Waals surface area (Å²) in [6.45, 7) is 52.8. The fraction of sp³-hybridized carbons (Fsp3) is 0.707. The number of ether oxygens (including phenoxy) is 1. The molecule has 16 atom stereocenters. The van der Waals surface area contributed by atoms with E-state index in [1.54, 1.807) is 0 Å². The summed E-state index contributed by atoms with van der Waals surface area (Å²) in [7, 11) is 0. The van der Waals surface area contributed by atoms with Crippen LogP contribution < -0.4 is 0 Å².